The average molecular weight is 295 g/mol. The van der Waals surface area contributed by atoms with Gasteiger partial charge in [-0.05, 0) is 52.4 Å². The molecule has 0 aromatic rings. The SMILES string of the molecule is CC1=C(C)C(C)(C)[C]([Mg][C]2=C(C)C(C)=C(C)C2(C)C)=C1C. The van der Waals surface area contributed by atoms with E-state index in [-0.39, 0.29) is 10.8 Å². The molecule has 0 N–H and O–H groups in total. The largest absolute Gasteiger partial charge is 0.441 e. The highest BCUT2D eigenvalue weighted by Gasteiger charge is 2.40. The van der Waals surface area contributed by atoms with Crippen LogP contribution < -0.4 is 0 Å². The first kappa shape index (κ1) is 17.1. The third kappa shape index (κ3) is 2.32. The van der Waals surface area contributed by atoms with E-state index in [1.807, 2.05) is 0 Å². The molecule has 0 aromatic heterocycles. The van der Waals surface area contributed by atoms with E-state index in [1.165, 1.54) is 11.1 Å². The molecular formula is C20H30Mg. The molecule has 0 radical (unpaired) electrons. The van der Waals surface area contributed by atoms with Crippen molar-refractivity contribution in [3.8, 4) is 0 Å². The molecule has 112 valence electrons. The molecule has 0 spiro atoms. The minimum Gasteiger partial charge on any atom is -0.174 e. The van der Waals surface area contributed by atoms with E-state index in [0.717, 1.165) is 0 Å². The van der Waals surface area contributed by atoms with Gasteiger partial charge in [0, 0.05) is 0 Å². The molecule has 0 heterocycles. The van der Waals surface area contributed by atoms with Gasteiger partial charge in [0.15, 0.2) is 0 Å². The van der Waals surface area contributed by atoms with Crippen LogP contribution in [0.1, 0.15) is 69.2 Å². The Morgan fingerprint density at radius 1 is 0.524 bits per heavy atom. The molecule has 0 atom stereocenters. The van der Waals surface area contributed by atoms with Gasteiger partial charge in [0.1, 0.15) is 0 Å². The molecule has 1 heteroatoms. The van der Waals surface area contributed by atoms with Crippen molar-refractivity contribution in [3.63, 3.8) is 0 Å². The van der Waals surface area contributed by atoms with Crippen molar-refractivity contribution in [1.29, 1.82) is 0 Å². The third-order valence-corrected chi connectivity index (χ3v) is 10.4. The van der Waals surface area contributed by atoms with Gasteiger partial charge in [-0.2, -0.15) is 7.40 Å². The van der Waals surface area contributed by atoms with Crippen molar-refractivity contribution in [1.82, 2.24) is 0 Å². The van der Waals surface area contributed by atoms with Gasteiger partial charge in [-0.15, -0.1) is 0 Å². The lowest BCUT2D eigenvalue weighted by molar-refractivity contribution is 0.559. The normalized spacial score (nSPS) is 24.5. The highest BCUT2D eigenvalue weighted by molar-refractivity contribution is 6.56. The monoisotopic (exact) mass is 294 g/mol. The van der Waals surface area contributed by atoms with E-state index in [1.54, 1.807) is 29.7 Å². The standard InChI is InChI=1S/2C10H15.Mg/c2*1-7-6-10(4,5)9(3)8(7)2;/h2*1-5H3;. The summed E-state index contributed by atoms with van der Waals surface area (Å²) in [4.78, 5) is 0. The Morgan fingerprint density at radius 3 is 1.00 bits per heavy atom. The smallest absolute Gasteiger partial charge is 0.174 e. The number of hydrogen-bond acceptors (Lipinski definition) is 0. The topological polar surface area (TPSA) is 0 Å². The third-order valence-electron chi connectivity index (χ3n) is 6.89. The molecule has 0 nitrogen and oxygen atoms in total. The first-order chi connectivity index (χ1) is 9.44. The molecule has 21 heavy (non-hydrogen) atoms. The highest BCUT2D eigenvalue weighted by Crippen LogP contribution is 2.51. The van der Waals surface area contributed by atoms with Gasteiger partial charge < -0.3 is 0 Å². The molecule has 0 saturated carbocycles. The second kappa shape index (κ2) is 5.13. The summed E-state index contributed by atoms with van der Waals surface area (Å²) >= 11 is -0.390. The van der Waals surface area contributed by atoms with Crippen LogP contribution in [0.5, 0.6) is 0 Å². The molecule has 0 amide bonds. The molecule has 0 aromatic carbocycles. The predicted octanol–water partition coefficient (Wildman–Crippen LogP) is 5.99. The lowest BCUT2D eigenvalue weighted by atomic mass is 9.86. The number of allylic oxidation sites excluding steroid dienone is 8. The van der Waals surface area contributed by atoms with Crippen LogP contribution in [-0.4, -0.2) is 20.4 Å². The number of rotatable bonds is 2. The molecule has 0 aliphatic heterocycles. The Hall–Kier alpha value is -0.274. The van der Waals surface area contributed by atoms with Crippen molar-refractivity contribution in [2.75, 3.05) is 0 Å². The van der Waals surface area contributed by atoms with Crippen LogP contribution in [0.2, 0.25) is 0 Å². The summed E-state index contributed by atoms with van der Waals surface area (Å²) < 4.78 is 3.53. The summed E-state index contributed by atoms with van der Waals surface area (Å²) in [6, 6.07) is 0. The predicted molar refractivity (Wildman–Crippen MR) is 95.5 cm³/mol. The van der Waals surface area contributed by atoms with Gasteiger partial charge in [0.2, 0.25) is 0 Å². The Morgan fingerprint density at radius 2 is 0.810 bits per heavy atom. The van der Waals surface area contributed by atoms with Gasteiger partial charge in [0.25, 0.3) is 0 Å². The lowest BCUT2D eigenvalue weighted by Gasteiger charge is -2.32. The van der Waals surface area contributed by atoms with Crippen LogP contribution in [0.4, 0.5) is 0 Å². The maximum atomic E-state index is 2.43. The first-order valence-electron chi connectivity index (χ1n) is 8.21. The molecule has 0 unspecified atom stereocenters. The zero-order chi connectivity index (χ0) is 16.3. The zero-order valence-corrected chi connectivity index (χ0v) is 17.1. The fourth-order valence-electron chi connectivity index (χ4n) is 4.23. The lowest BCUT2D eigenvalue weighted by Crippen LogP contribution is -2.25. The van der Waals surface area contributed by atoms with Crippen LogP contribution in [0.25, 0.3) is 0 Å². The summed E-state index contributed by atoms with van der Waals surface area (Å²) in [5, 5.41) is 0. The summed E-state index contributed by atoms with van der Waals surface area (Å²) in [5.74, 6) is 0. The van der Waals surface area contributed by atoms with E-state index >= 15 is 0 Å². The van der Waals surface area contributed by atoms with Gasteiger partial charge >= 0.3 is 20.4 Å². The van der Waals surface area contributed by atoms with E-state index in [4.69, 9.17) is 0 Å². The average Bonchev–Trinajstić information content (AvgIpc) is 2.63. The Kier molecular flexibility index (Phi) is 4.17. The quantitative estimate of drug-likeness (QED) is 0.549. The Labute approximate surface area is 141 Å². The molecule has 0 fully saturated rings. The maximum absolute atomic E-state index is 2.43. The van der Waals surface area contributed by atoms with Crippen LogP contribution in [0, 0.1) is 10.8 Å². The van der Waals surface area contributed by atoms with Gasteiger partial charge in [0.05, 0.1) is 0 Å². The second-order valence-corrected chi connectivity index (χ2v) is 9.90. The van der Waals surface area contributed by atoms with E-state index in [9.17, 15) is 0 Å². The van der Waals surface area contributed by atoms with Crippen molar-refractivity contribution < 1.29 is 0 Å². The molecule has 2 aliphatic rings. The molecule has 2 aliphatic carbocycles. The Balaban J connectivity index is 2.47. The molecule has 0 bridgehead atoms. The van der Waals surface area contributed by atoms with Crippen molar-refractivity contribution >= 4 is 20.4 Å². The molecule has 2 rings (SSSR count). The van der Waals surface area contributed by atoms with Crippen LogP contribution in [-0.2, 0) is 0 Å². The maximum Gasteiger partial charge on any atom is 0.441 e. The summed E-state index contributed by atoms with van der Waals surface area (Å²) in [6.07, 6.45) is 0. The number of hydrogen-bond donors (Lipinski definition) is 0. The van der Waals surface area contributed by atoms with Crippen LogP contribution in [0.3, 0.4) is 0 Å². The van der Waals surface area contributed by atoms with Crippen molar-refractivity contribution in [3.05, 3.63) is 40.8 Å². The van der Waals surface area contributed by atoms with Gasteiger partial charge in [-0.3, -0.25) is 0 Å². The minimum absolute atomic E-state index is 0.272. The fraction of sp³-hybridized carbons (Fsp3) is 0.600. The summed E-state index contributed by atoms with van der Waals surface area (Å²) in [5.41, 5.74) is 9.96. The van der Waals surface area contributed by atoms with Gasteiger partial charge in [-0.1, -0.05) is 61.1 Å². The first-order valence-corrected chi connectivity index (χ1v) is 9.62. The fourth-order valence-corrected chi connectivity index (χ4v) is 7.06. The van der Waals surface area contributed by atoms with Gasteiger partial charge in [-0.25, -0.2) is 0 Å². The van der Waals surface area contributed by atoms with Crippen molar-refractivity contribution in [2.24, 2.45) is 10.8 Å². The summed E-state index contributed by atoms with van der Waals surface area (Å²) in [6.45, 7) is 23.7. The van der Waals surface area contributed by atoms with E-state index in [0.29, 0.717) is 0 Å². The van der Waals surface area contributed by atoms with Crippen molar-refractivity contribution in [2.45, 2.75) is 69.2 Å². The van der Waals surface area contributed by atoms with Crippen LogP contribution >= 0.6 is 0 Å². The minimum atomic E-state index is -0.390. The van der Waals surface area contributed by atoms with E-state index in [2.05, 4.69) is 69.2 Å². The van der Waals surface area contributed by atoms with Crippen LogP contribution in [0.15, 0.2) is 40.8 Å². The van der Waals surface area contributed by atoms with E-state index < -0.39 is 20.4 Å². The highest BCUT2D eigenvalue weighted by atomic mass is 24.5. The molecule has 0 saturated heterocycles. The second-order valence-electron chi connectivity index (χ2n) is 8.13. The Bertz CT molecular complexity index is 575. The molecular weight excluding hydrogens is 265 g/mol. The zero-order valence-electron chi connectivity index (χ0n) is 15.7. The summed E-state index contributed by atoms with van der Waals surface area (Å²) in [7, 11) is 0.